The normalized spacial score (nSPS) is 10.7. The standard InChI is InChI=1S/C15H17NOS/c1-9-5-11(3)14(6-10(9)2)15(17)7-13-8-18-12(4)16-13/h5-6,8H,7H2,1-4H3. The minimum absolute atomic E-state index is 0.154. The first-order valence-electron chi connectivity index (χ1n) is 5.99. The van der Waals surface area contributed by atoms with E-state index in [-0.39, 0.29) is 5.78 Å². The van der Waals surface area contributed by atoms with Gasteiger partial charge in [0.05, 0.1) is 17.1 Å². The molecule has 94 valence electrons. The Hall–Kier alpha value is -1.48. The number of hydrogen-bond acceptors (Lipinski definition) is 3. The fraction of sp³-hybridized carbons (Fsp3) is 0.333. The summed E-state index contributed by atoms with van der Waals surface area (Å²) in [4.78, 5) is 16.6. The second-order valence-corrected chi connectivity index (χ2v) is 5.77. The zero-order chi connectivity index (χ0) is 13.3. The van der Waals surface area contributed by atoms with Crippen LogP contribution in [0.15, 0.2) is 17.5 Å². The lowest BCUT2D eigenvalue weighted by atomic mass is 9.96. The van der Waals surface area contributed by atoms with Crippen LogP contribution in [-0.4, -0.2) is 10.8 Å². The van der Waals surface area contributed by atoms with Crippen LogP contribution in [0.25, 0.3) is 0 Å². The third kappa shape index (κ3) is 2.67. The summed E-state index contributed by atoms with van der Waals surface area (Å²) in [5, 5.41) is 2.97. The van der Waals surface area contributed by atoms with E-state index in [9.17, 15) is 4.79 Å². The van der Waals surface area contributed by atoms with E-state index in [4.69, 9.17) is 0 Å². The molecule has 0 saturated heterocycles. The number of Topliss-reactive ketones (excluding diaryl/α,β-unsaturated/α-hetero) is 1. The van der Waals surface area contributed by atoms with Crippen molar-refractivity contribution in [1.29, 1.82) is 0 Å². The van der Waals surface area contributed by atoms with Crippen LogP contribution >= 0.6 is 11.3 Å². The Morgan fingerprint density at radius 2 is 1.78 bits per heavy atom. The average molecular weight is 259 g/mol. The predicted octanol–water partition coefficient (Wildman–Crippen LogP) is 3.80. The summed E-state index contributed by atoms with van der Waals surface area (Å²) in [5.74, 6) is 0.154. The number of rotatable bonds is 3. The fourth-order valence-corrected chi connectivity index (χ4v) is 2.62. The van der Waals surface area contributed by atoms with Gasteiger partial charge in [-0.3, -0.25) is 4.79 Å². The Morgan fingerprint density at radius 3 is 2.39 bits per heavy atom. The molecule has 0 spiro atoms. The van der Waals surface area contributed by atoms with E-state index >= 15 is 0 Å². The minimum atomic E-state index is 0.154. The van der Waals surface area contributed by atoms with Crippen molar-refractivity contribution in [2.45, 2.75) is 34.1 Å². The highest BCUT2D eigenvalue weighted by Crippen LogP contribution is 2.18. The molecule has 0 unspecified atom stereocenters. The summed E-state index contributed by atoms with van der Waals surface area (Å²) in [6.07, 6.45) is 0.397. The summed E-state index contributed by atoms with van der Waals surface area (Å²) in [7, 11) is 0. The highest BCUT2D eigenvalue weighted by atomic mass is 32.1. The molecule has 0 fully saturated rings. The highest BCUT2D eigenvalue weighted by Gasteiger charge is 2.12. The Labute approximate surface area is 112 Å². The van der Waals surface area contributed by atoms with Gasteiger partial charge < -0.3 is 0 Å². The Balaban J connectivity index is 2.26. The molecule has 0 aliphatic rings. The Bertz CT molecular complexity index is 599. The molecule has 18 heavy (non-hydrogen) atoms. The zero-order valence-electron chi connectivity index (χ0n) is 11.2. The number of aryl methyl sites for hydroxylation is 4. The molecule has 0 aliphatic carbocycles. The van der Waals surface area contributed by atoms with Crippen LogP contribution in [0.4, 0.5) is 0 Å². The molecule has 0 aliphatic heterocycles. The first kappa shape index (κ1) is 13.0. The van der Waals surface area contributed by atoms with Crippen molar-refractivity contribution < 1.29 is 4.79 Å². The molecule has 1 aromatic carbocycles. The molecule has 0 amide bonds. The SMILES string of the molecule is Cc1nc(CC(=O)c2cc(C)c(C)cc2C)cs1. The van der Waals surface area contributed by atoms with Gasteiger partial charge in [0.1, 0.15) is 0 Å². The van der Waals surface area contributed by atoms with Crippen LogP contribution in [-0.2, 0) is 6.42 Å². The van der Waals surface area contributed by atoms with Gasteiger partial charge in [0.2, 0.25) is 0 Å². The molecule has 0 bridgehead atoms. The zero-order valence-corrected chi connectivity index (χ0v) is 12.0. The van der Waals surface area contributed by atoms with E-state index in [0.717, 1.165) is 21.8 Å². The number of ketones is 1. The van der Waals surface area contributed by atoms with Gasteiger partial charge in [-0.05, 0) is 50.5 Å². The lowest BCUT2D eigenvalue weighted by molar-refractivity contribution is 0.0991. The molecule has 0 saturated carbocycles. The largest absolute Gasteiger partial charge is 0.294 e. The number of carbonyl (C=O) groups excluding carboxylic acids is 1. The van der Waals surface area contributed by atoms with Crippen LogP contribution in [0.3, 0.4) is 0 Å². The van der Waals surface area contributed by atoms with Gasteiger partial charge in [-0.2, -0.15) is 0 Å². The third-order valence-electron chi connectivity index (χ3n) is 3.15. The van der Waals surface area contributed by atoms with Crippen LogP contribution in [0.1, 0.15) is 37.7 Å². The monoisotopic (exact) mass is 259 g/mol. The quantitative estimate of drug-likeness (QED) is 0.785. The van der Waals surface area contributed by atoms with Crippen LogP contribution < -0.4 is 0 Å². The second-order valence-electron chi connectivity index (χ2n) is 4.71. The van der Waals surface area contributed by atoms with E-state index in [1.165, 1.54) is 11.1 Å². The number of thiazole rings is 1. The van der Waals surface area contributed by atoms with Crippen LogP contribution in [0.2, 0.25) is 0 Å². The van der Waals surface area contributed by atoms with Crippen molar-refractivity contribution in [3.63, 3.8) is 0 Å². The molecule has 3 heteroatoms. The van der Waals surface area contributed by atoms with Gasteiger partial charge in [0.15, 0.2) is 5.78 Å². The molecule has 0 radical (unpaired) electrons. The number of hydrogen-bond donors (Lipinski definition) is 0. The van der Waals surface area contributed by atoms with Crippen molar-refractivity contribution in [1.82, 2.24) is 4.98 Å². The smallest absolute Gasteiger partial charge is 0.169 e. The van der Waals surface area contributed by atoms with Crippen molar-refractivity contribution in [2.24, 2.45) is 0 Å². The highest BCUT2D eigenvalue weighted by molar-refractivity contribution is 7.09. The number of nitrogens with zero attached hydrogens (tertiary/aromatic N) is 1. The third-order valence-corrected chi connectivity index (χ3v) is 3.97. The van der Waals surface area contributed by atoms with Crippen molar-refractivity contribution >= 4 is 17.1 Å². The van der Waals surface area contributed by atoms with Crippen molar-refractivity contribution in [2.75, 3.05) is 0 Å². The molecule has 1 heterocycles. The second kappa shape index (κ2) is 5.02. The molecule has 2 rings (SSSR count). The van der Waals surface area contributed by atoms with Crippen LogP contribution in [0.5, 0.6) is 0 Å². The molecule has 0 N–H and O–H groups in total. The summed E-state index contributed by atoms with van der Waals surface area (Å²) >= 11 is 1.59. The molecular weight excluding hydrogens is 242 g/mol. The number of carbonyl (C=O) groups is 1. The van der Waals surface area contributed by atoms with Gasteiger partial charge >= 0.3 is 0 Å². The predicted molar refractivity (Wildman–Crippen MR) is 75.5 cm³/mol. The maximum absolute atomic E-state index is 12.3. The molecule has 1 aromatic heterocycles. The van der Waals surface area contributed by atoms with Gasteiger partial charge in [-0.1, -0.05) is 6.07 Å². The summed E-state index contributed by atoms with van der Waals surface area (Å²) in [6.45, 7) is 8.06. The van der Waals surface area contributed by atoms with E-state index in [1.54, 1.807) is 11.3 Å². The van der Waals surface area contributed by atoms with E-state index in [0.29, 0.717) is 6.42 Å². The van der Waals surface area contributed by atoms with E-state index in [2.05, 4.69) is 18.0 Å². The molecule has 2 nitrogen and oxygen atoms in total. The molecule has 2 aromatic rings. The molecular formula is C15H17NOS. The maximum atomic E-state index is 12.3. The minimum Gasteiger partial charge on any atom is -0.294 e. The summed E-state index contributed by atoms with van der Waals surface area (Å²) < 4.78 is 0. The Kier molecular flexibility index (Phi) is 3.62. The topological polar surface area (TPSA) is 30.0 Å². The van der Waals surface area contributed by atoms with Crippen molar-refractivity contribution in [3.8, 4) is 0 Å². The van der Waals surface area contributed by atoms with Gasteiger partial charge in [-0.25, -0.2) is 4.98 Å². The van der Waals surface area contributed by atoms with Gasteiger partial charge in [0, 0.05) is 10.9 Å². The lowest BCUT2D eigenvalue weighted by Gasteiger charge is -2.08. The van der Waals surface area contributed by atoms with Crippen molar-refractivity contribution in [3.05, 3.63) is 50.5 Å². The summed E-state index contributed by atoms with van der Waals surface area (Å²) in [5.41, 5.74) is 5.14. The van der Waals surface area contributed by atoms with E-state index < -0.39 is 0 Å². The lowest BCUT2D eigenvalue weighted by Crippen LogP contribution is -2.07. The van der Waals surface area contributed by atoms with Gasteiger partial charge in [0.25, 0.3) is 0 Å². The first-order valence-corrected chi connectivity index (χ1v) is 6.87. The maximum Gasteiger partial charge on any atom is 0.169 e. The Morgan fingerprint density at radius 1 is 1.11 bits per heavy atom. The number of aromatic nitrogens is 1. The number of benzene rings is 1. The fourth-order valence-electron chi connectivity index (χ4n) is 2.01. The average Bonchev–Trinajstić information content (AvgIpc) is 2.69. The summed E-state index contributed by atoms with van der Waals surface area (Å²) in [6, 6.07) is 4.07. The molecule has 0 atom stereocenters. The van der Waals surface area contributed by atoms with Crippen LogP contribution in [0, 0.1) is 27.7 Å². The first-order chi connectivity index (χ1) is 8.47. The van der Waals surface area contributed by atoms with Gasteiger partial charge in [-0.15, -0.1) is 11.3 Å². The van der Waals surface area contributed by atoms with E-state index in [1.807, 2.05) is 32.2 Å².